The Morgan fingerprint density at radius 1 is 0.778 bits per heavy atom. The molecule has 4 nitrogen and oxygen atoms in total. The lowest BCUT2D eigenvalue weighted by Crippen LogP contribution is -2.43. The number of hydrogen-bond donors (Lipinski definition) is 4. The fourth-order valence-corrected chi connectivity index (χ4v) is 2.30. The molecule has 0 spiro atoms. The molecule has 0 amide bonds. The van der Waals surface area contributed by atoms with Crippen molar-refractivity contribution in [2.75, 3.05) is 26.4 Å². The van der Waals surface area contributed by atoms with E-state index in [1.165, 1.54) is 25.7 Å². The van der Waals surface area contributed by atoms with E-state index in [0.717, 1.165) is 19.3 Å². The highest BCUT2D eigenvalue weighted by molar-refractivity contribution is 4.84. The summed E-state index contributed by atoms with van der Waals surface area (Å²) in [5, 5.41) is 37.3. The van der Waals surface area contributed by atoms with E-state index < -0.39 is 5.41 Å². The molecule has 0 bridgehead atoms. The first-order valence-corrected chi connectivity index (χ1v) is 7.14. The molecule has 1 unspecified atom stereocenters. The van der Waals surface area contributed by atoms with Crippen LogP contribution in [0.4, 0.5) is 0 Å². The molecule has 0 aromatic heterocycles. The first-order chi connectivity index (χ1) is 8.70. The van der Waals surface area contributed by atoms with Crippen LogP contribution in [0.25, 0.3) is 0 Å². The van der Waals surface area contributed by atoms with Crippen molar-refractivity contribution in [1.82, 2.24) is 0 Å². The van der Waals surface area contributed by atoms with Crippen molar-refractivity contribution in [2.24, 2.45) is 11.3 Å². The number of rotatable bonds is 12. The zero-order valence-corrected chi connectivity index (χ0v) is 11.6. The Kier molecular flexibility index (Phi) is 10.6. The third-order valence-corrected chi connectivity index (χ3v) is 3.94. The van der Waals surface area contributed by atoms with Gasteiger partial charge in [0.2, 0.25) is 0 Å². The largest absolute Gasteiger partial charge is 0.396 e. The van der Waals surface area contributed by atoms with E-state index in [0.29, 0.717) is 0 Å². The molecule has 0 aliphatic carbocycles. The number of aliphatic hydroxyl groups excluding tert-OH is 4. The summed E-state index contributed by atoms with van der Waals surface area (Å²) >= 11 is 0. The molecule has 0 saturated carbocycles. The van der Waals surface area contributed by atoms with Crippen molar-refractivity contribution in [2.45, 2.75) is 51.9 Å². The number of hydrogen-bond acceptors (Lipinski definition) is 4. The first-order valence-electron chi connectivity index (χ1n) is 7.14. The molecule has 0 aromatic carbocycles. The zero-order chi connectivity index (χ0) is 13.9. The zero-order valence-electron chi connectivity index (χ0n) is 11.6. The van der Waals surface area contributed by atoms with Gasteiger partial charge in [-0.15, -0.1) is 0 Å². The fraction of sp³-hybridized carbons (Fsp3) is 1.00. The average Bonchev–Trinajstić information content (AvgIpc) is 2.42. The topological polar surface area (TPSA) is 80.9 Å². The van der Waals surface area contributed by atoms with E-state index in [-0.39, 0.29) is 32.3 Å². The maximum Gasteiger partial charge on any atom is 0.0535 e. The molecule has 4 N–H and O–H groups in total. The standard InChI is InChI=1S/C14H30O4/c1-2-3-4-5-6-7-8-13(9-15)14(10-16,11-17)12-18/h13,15-18H,2-12H2,1H3. The second kappa shape index (κ2) is 10.7. The Balaban J connectivity index is 4.01. The first kappa shape index (κ1) is 17.8. The second-order valence-electron chi connectivity index (χ2n) is 5.27. The Morgan fingerprint density at radius 2 is 1.28 bits per heavy atom. The van der Waals surface area contributed by atoms with E-state index in [4.69, 9.17) is 0 Å². The van der Waals surface area contributed by atoms with Crippen LogP contribution in [0.1, 0.15) is 51.9 Å². The maximum absolute atomic E-state index is 9.36. The van der Waals surface area contributed by atoms with Gasteiger partial charge in [0.15, 0.2) is 0 Å². The van der Waals surface area contributed by atoms with Gasteiger partial charge in [0.25, 0.3) is 0 Å². The third kappa shape index (κ3) is 5.65. The molecule has 0 saturated heterocycles. The predicted molar refractivity (Wildman–Crippen MR) is 72.3 cm³/mol. The lowest BCUT2D eigenvalue weighted by molar-refractivity contribution is -0.0580. The van der Waals surface area contributed by atoms with Crippen LogP contribution in [0.15, 0.2) is 0 Å². The highest BCUT2D eigenvalue weighted by atomic mass is 16.3. The number of aliphatic hydroxyl groups is 4. The van der Waals surface area contributed by atoms with Crippen molar-refractivity contribution in [1.29, 1.82) is 0 Å². The summed E-state index contributed by atoms with van der Waals surface area (Å²) in [5.41, 5.74) is -0.946. The number of unbranched alkanes of at least 4 members (excludes halogenated alkanes) is 5. The van der Waals surface area contributed by atoms with Gasteiger partial charge in [0.1, 0.15) is 0 Å². The summed E-state index contributed by atoms with van der Waals surface area (Å²) in [6.45, 7) is 1.21. The van der Waals surface area contributed by atoms with Crippen molar-refractivity contribution in [3.8, 4) is 0 Å². The van der Waals surface area contributed by atoms with Crippen LogP contribution < -0.4 is 0 Å². The van der Waals surface area contributed by atoms with E-state index in [2.05, 4.69) is 6.92 Å². The summed E-state index contributed by atoms with van der Waals surface area (Å²) < 4.78 is 0. The van der Waals surface area contributed by atoms with Crippen LogP contribution in [0.2, 0.25) is 0 Å². The lowest BCUT2D eigenvalue weighted by Gasteiger charge is -2.35. The molecule has 0 fully saturated rings. The highest BCUT2D eigenvalue weighted by Gasteiger charge is 2.36. The fourth-order valence-electron chi connectivity index (χ4n) is 2.30. The third-order valence-electron chi connectivity index (χ3n) is 3.94. The van der Waals surface area contributed by atoms with Gasteiger partial charge in [-0.2, -0.15) is 0 Å². The average molecular weight is 262 g/mol. The van der Waals surface area contributed by atoms with Crippen LogP contribution in [0.5, 0.6) is 0 Å². The van der Waals surface area contributed by atoms with Crippen LogP contribution in [-0.2, 0) is 0 Å². The Morgan fingerprint density at radius 3 is 1.72 bits per heavy atom. The van der Waals surface area contributed by atoms with Gasteiger partial charge in [-0.25, -0.2) is 0 Å². The molecule has 1 atom stereocenters. The Bertz CT molecular complexity index is 172. The van der Waals surface area contributed by atoms with E-state index in [1.54, 1.807) is 0 Å². The summed E-state index contributed by atoms with van der Waals surface area (Å²) in [6.07, 6.45) is 7.73. The second-order valence-corrected chi connectivity index (χ2v) is 5.27. The van der Waals surface area contributed by atoms with Gasteiger partial charge >= 0.3 is 0 Å². The van der Waals surface area contributed by atoms with Gasteiger partial charge < -0.3 is 20.4 Å². The van der Waals surface area contributed by atoms with E-state index in [9.17, 15) is 20.4 Å². The minimum absolute atomic E-state index is 0.101. The van der Waals surface area contributed by atoms with E-state index in [1.807, 2.05) is 0 Å². The summed E-state index contributed by atoms with van der Waals surface area (Å²) in [7, 11) is 0. The maximum atomic E-state index is 9.36. The van der Waals surface area contributed by atoms with Crippen LogP contribution in [0, 0.1) is 11.3 Å². The van der Waals surface area contributed by atoms with Crippen LogP contribution >= 0.6 is 0 Å². The molecule has 0 rings (SSSR count). The molecular weight excluding hydrogens is 232 g/mol. The van der Waals surface area contributed by atoms with Crippen molar-refractivity contribution < 1.29 is 20.4 Å². The van der Waals surface area contributed by atoms with Crippen molar-refractivity contribution in [3.05, 3.63) is 0 Å². The molecule has 0 aromatic rings. The molecule has 0 radical (unpaired) electrons. The molecule has 0 heterocycles. The predicted octanol–water partition coefficient (Wildman–Crippen LogP) is 1.31. The molecule has 110 valence electrons. The Labute approximate surface area is 111 Å². The van der Waals surface area contributed by atoms with Gasteiger partial charge in [0, 0.05) is 12.0 Å². The summed E-state index contributed by atoms with van der Waals surface area (Å²) in [4.78, 5) is 0. The SMILES string of the molecule is CCCCCCCCC(CO)C(CO)(CO)CO. The minimum Gasteiger partial charge on any atom is -0.396 e. The minimum atomic E-state index is -0.946. The summed E-state index contributed by atoms with van der Waals surface area (Å²) in [5.74, 6) is -0.233. The monoisotopic (exact) mass is 262 g/mol. The van der Waals surface area contributed by atoms with E-state index >= 15 is 0 Å². The van der Waals surface area contributed by atoms with Gasteiger partial charge in [-0.05, 0) is 12.3 Å². The molecular formula is C14H30O4. The molecule has 18 heavy (non-hydrogen) atoms. The van der Waals surface area contributed by atoms with Crippen LogP contribution in [0.3, 0.4) is 0 Å². The van der Waals surface area contributed by atoms with Gasteiger partial charge in [-0.3, -0.25) is 0 Å². The lowest BCUT2D eigenvalue weighted by atomic mass is 9.75. The van der Waals surface area contributed by atoms with Gasteiger partial charge in [-0.1, -0.05) is 45.4 Å². The van der Waals surface area contributed by atoms with Gasteiger partial charge in [0.05, 0.1) is 19.8 Å². The smallest absolute Gasteiger partial charge is 0.0535 e. The van der Waals surface area contributed by atoms with Crippen molar-refractivity contribution >= 4 is 0 Å². The van der Waals surface area contributed by atoms with Crippen molar-refractivity contribution in [3.63, 3.8) is 0 Å². The molecule has 4 heteroatoms. The molecule has 0 aliphatic rings. The highest BCUT2D eigenvalue weighted by Crippen LogP contribution is 2.30. The summed E-state index contributed by atoms with van der Waals surface area (Å²) in [6, 6.07) is 0. The normalized spacial score (nSPS) is 13.8. The molecule has 0 aliphatic heterocycles. The van der Waals surface area contributed by atoms with Crippen LogP contribution in [-0.4, -0.2) is 46.9 Å². The Hall–Kier alpha value is -0.160. The quantitative estimate of drug-likeness (QED) is 0.400.